The molecule has 0 aliphatic heterocycles. The molecule has 70 valence electrons. The normalized spacial score (nSPS) is 7.85. The van der Waals surface area contributed by atoms with E-state index in [9.17, 15) is 14.4 Å². The van der Waals surface area contributed by atoms with Gasteiger partial charge in [0.2, 0.25) is 0 Å². The monoisotopic (exact) mass is 184 g/mol. The average Bonchev–Trinajstić information content (AvgIpc) is 2.13. The summed E-state index contributed by atoms with van der Waals surface area (Å²) in [6.07, 6.45) is 0. The quantitative estimate of drug-likeness (QED) is 0.186. The Bertz CT molecular complexity index is 281. The molecule has 0 amide bonds. The highest BCUT2D eigenvalue weighted by Crippen LogP contribution is 1.78. The number of methoxy groups -OCH3 is 1. The molecular formula is C8H8O5. The van der Waals surface area contributed by atoms with Crippen molar-refractivity contribution in [1.29, 1.82) is 0 Å². The van der Waals surface area contributed by atoms with Gasteiger partial charge in [0.15, 0.2) is 0 Å². The lowest BCUT2D eigenvalue weighted by Gasteiger charge is -1.90. The summed E-state index contributed by atoms with van der Waals surface area (Å²) in [6, 6.07) is 0. The Morgan fingerprint density at radius 1 is 1.23 bits per heavy atom. The van der Waals surface area contributed by atoms with Crippen molar-refractivity contribution < 1.29 is 23.9 Å². The standard InChI is InChI=1S/C8H8O5/c1-3-13-7(10)5-4-6(9)8(11)12-2/h3H2,1-2H3. The lowest BCUT2D eigenvalue weighted by Crippen LogP contribution is -2.13. The molecule has 0 saturated heterocycles. The van der Waals surface area contributed by atoms with E-state index in [0.29, 0.717) is 0 Å². The maximum atomic E-state index is 10.6. The molecule has 0 bridgehead atoms. The maximum Gasteiger partial charge on any atom is 0.387 e. The predicted molar refractivity (Wildman–Crippen MR) is 41.4 cm³/mol. The zero-order valence-corrected chi connectivity index (χ0v) is 7.25. The van der Waals surface area contributed by atoms with Gasteiger partial charge >= 0.3 is 17.7 Å². The summed E-state index contributed by atoms with van der Waals surface area (Å²) in [7, 11) is 1.05. The van der Waals surface area contributed by atoms with E-state index >= 15 is 0 Å². The second-order valence-electron chi connectivity index (χ2n) is 1.79. The number of carbonyl (C=O) groups excluding carboxylic acids is 3. The van der Waals surface area contributed by atoms with Gasteiger partial charge in [0.25, 0.3) is 0 Å². The molecule has 0 unspecified atom stereocenters. The first kappa shape index (κ1) is 11.2. The van der Waals surface area contributed by atoms with Crippen molar-refractivity contribution in [1.82, 2.24) is 0 Å². The third kappa shape index (κ3) is 4.58. The number of carbonyl (C=O) groups is 3. The van der Waals surface area contributed by atoms with Crippen molar-refractivity contribution in [2.45, 2.75) is 6.92 Å². The van der Waals surface area contributed by atoms with E-state index in [4.69, 9.17) is 0 Å². The smallest absolute Gasteiger partial charge is 0.387 e. The van der Waals surface area contributed by atoms with Gasteiger partial charge in [-0.3, -0.25) is 4.79 Å². The first-order chi connectivity index (χ1) is 6.11. The zero-order valence-electron chi connectivity index (χ0n) is 7.25. The fourth-order valence-electron chi connectivity index (χ4n) is 0.419. The number of esters is 2. The molecule has 0 spiro atoms. The largest absolute Gasteiger partial charge is 0.463 e. The second kappa shape index (κ2) is 5.77. The van der Waals surface area contributed by atoms with Gasteiger partial charge in [-0.2, -0.15) is 0 Å². The molecule has 0 saturated carbocycles. The van der Waals surface area contributed by atoms with Gasteiger partial charge in [-0.1, -0.05) is 0 Å². The summed E-state index contributed by atoms with van der Waals surface area (Å²) in [5, 5.41) is 0. The molecule has 0 aromatic carbocycles. The van der Waals surface area contributed by atoms with Crippen LogP contribution in [-0.2, 0) is 23.9 Å². The Labute approximate surface area is 75.0 Å². The number of rotatable bonds is 2. The first-order valence-electron chi connectivity index (χ1n) is 3.42. The Morgan fingerprint density at radius 3 is 2.31 bits per heavy atom. The molecule has 0 aromatic heterocycles. The Hall–Kier alpha value is -1.83. The minimum atomic E-state index is -1.10. The van der Waals surface area contributed by atoms with Crippen LogP contribution in [0.5, 0.6) is 0 Å². The Balaban J connectivity index is 4.17. The van der Waals surface area contributed by atoms with Gasteiger partial charge in [0.05, 0.1) is 13.7 Å². The lowest BCUT2D eigenvalue weighted by molar-refractivity contribution is -0.149. The van der Waals surface area contributed by atoms with Gasteiger partial charge in [0, 0.05) is 5.92 Å². The molecular weight excluding hydrogens is 176 g/mol. The molecule has 5 nitrogen and oxygen atoms in total. The Morgan fingerprint density at radius 2 is 1.85 bits per heavy atom. The van der Waals surface area contributed by atoms with Gasteiger partial charge in [0.1, 0.15) is 0 Å². The van der Waals surface area contributed by atoms with E-state index in [1.54, 1.807) is 12.8 Å². The minimum Gasteiger partial charge on any atom is -0.463 e. The van der Waals surface area contributed by atoms with Crippen molar-refractivity contribution in [3.8, 4) is 11.8 Å². The highest BCUT2D eigenvalue weighted by Gasteiger charge is 2.09. The number of hydrogen-bond acceptors (Lipinski definition) is 5. The van der Waals surface area contributed by atoms with Crippen molar-refractivity contribution >= 4 is 17.7 Å². The lowest BCUT2D eigenvalue weighted by atomic mass is 10.4. The van der Waals surface area contributed by atoms with Crippen LogP contribution in [0.3, 0.4) is 0 Å². The number of ether oxygens (including phenoxy) is 2. The van der Waals surface area contributed by atoms with Crippen LogP contribution in [0.4, 0.5) is 0 Å². The molecule has 0 aliphatic carbocycles. The Kier molecular flexibility index (Phi) is 4.96. The second-order valence-corrected chi connectivity index (χ2v) is 1.79. The van der Waals surface area contributed by atoms with Crippen molar-refractivity contribution in [3.63, 3.8) is 0 Å². The maximum absolute atomic E-state index is 10.6. The summed E-state index contributed by atoms with van der Waals surface area (Å²) < 4.78 is 8.45. The van der Waals surface area contributed by atoms with Crippen LogP contribution in [-0.4, -0.2) is 31.4 Å². The van der Waals surface area contributed by atoms with E-state index in [1.165, 1.54) is 0 Å². The third-order valence-corrected chi connectivity index (χ3v) is 0.924. The zero-order chi connectivity index (χ0) is 10.3. The van der Waals surface area contributed by atoms with E-state index < -0.39 is 17.7 Å². The third-order valence-electron chi connectivity index (χ3n) is 0.924. The van der Waals surface area contributed by atoms with Crippen molar-refractivity contribution in [3.05, 3.63) is 0 Å². The molecule has 13 heavy (non-hydrogen) atoms. The highest BCUT2D eigenvalue weighted by molar-refractivity contribution is 6.41. The van der Waals surface area contributed by atoms with E-state index in [1.807, 2.05) is 5.92 Å². The van der Waals surface area contributed by atoms with Crippen LogP contribution < -0.4 is 0 Å². The van der Waals surface area contributed by atoms with E-state index in [2.05, 4.69) is 9.47 Å². The number of ketones is 1. The van der Waals surface area contributed by atoms with Crippen molar-refractivity contribution in [2.75, 3.05) is 13.7 Å². The van der Waals surface area contributed by atoms with Crippen LogP contribution in [0.25, 0.3) is 0 Å². The number of Topliss-reactive ketones (excluding diaryl/α,β-unsaturated/α-hetero) is 1. The van der Waals surface area contributed by atoms with Gasteiger partial charge in [-0.25, -0.2) is 9.59 Å². The summed E-state index contributed by atoms with van der Waals surface area (Å²) in [6.45, 7) is 1.77. The first-order valence-corrected chi connectivity index (χ1v) is 3.42. The summed E-state index contributed by atoms with van der Waals surface area (Å²) in [4.78, 5) is 31.6. The van der Waals surface area contributed by atoms with Gasteiger partial charge < -0.3 is 9.47 Å². The van der Waals surface area contributed by atoms with Crippen LogP contribution in [0, 0.1) is 11.8 Å². The van der Waals surface area contributed by atoms with E-state index in [0.717, 1.165) is 7.11 Å². The molecule has 0 aliphatic rings. The summed E-state index contributed by atoms with van der Waals surface area (Å²) in [5.41, 5.74) is 0. The topological polar surface area (TPSA) is 69.7 Å². The average molecular weight is 184 g/mol. The molecule has 0 fully saturated rings. The minimum absolute atomic E-state index is 0.167. The van der Waals surface area contributed by atoms with Gasteiger partial charge in [-0.05, 0) is 12.8 Å². The molecule has 0 radical (unpaired) electrons. The predicted octanol–water partition coefficient (Wildman–Crippen LogP) is -0.705. The number of hydrogen-bond donors (Lipinski definition) is 0. The summed E-state index contributed by atoms with van der Waals surface area (Å²) >= 11 is 0. The van der Waals surface area contributed by atoms with E-state index in [-0.39, 0.29) is 6.61 Å². The molecule has 0 aromatic rings. The highest BCUT2D eigenvalue weighted by atomic mass is 16.5. The van der Waals surface area contributed by atoms with Gasteiger partial charge in [-0.15, -0.1) is 0 Å². The molecule has 0 heterocycles. The van der Waals surface area contributed by atoms with Crippen LogP contribution in [0.2, 0.25) is 0 Å². The molecule has 0 N–H and O–H groups in total. The SMILES string of the molecule is CCOC(=O)C#CC(=O)C(=O)OC. The van der Waals surface area contributed by atoms with Crippen LogP contribution in [0.1, 0.15) is 6.92 Å². The molecule has 0 atom stereocenters. The van der Waals surface area contributed by atoms with Crippen LogP contribution in [0.15, 0.2) is 0 Å². The molecule has 5 heteroatoms. The fourth-order valence-corrected chi connectivity index (χ4v) is 0.419. The molecule has 0 rings (SSSR count). The fraction of sp³-hybridized carbons (Fsp3) is 0.375. The van der Waals surface area contributed by atoms with Crippen molar-refractivity contribution in [2.24, 2.45) is 0 Å². The van der Waals surface area contributed by atoms with Crippen LogP contribution >= 0.6 is 0 Å². The summed E-state index contributed by atoms with van der Waals surface area (Å²) in [5.74, 6) is 0.596.